The molecule has 0 heterocycles. The Hall–Kier alpha value is -1.86. The average molecular weight is 242 g/mol. The van der Waals surface area contributed by atoms with E-state index in [9.17, 15) is 26.7 Å². The standard InChI is InChI=1S/C8H3F5O3/c9-3-1-2(7(14)15)4(10)5(11)6(3)16-8(12)13/h1,8H,(H,14,15). The lowest BCUT2D eigenvalue weighted by molar-refractivity contribution is -0.0550. The van der Waals surface area contributed by atoms with Gasteiger partial charge in [-0.15, -0.1) is 0 Å². The number of hydrogen-bond donors (Lipinski definition) is 1. The van der Waals surface area contributed by atoms with Crippen LogP contribution < -0.4 is 4.74 Å². The van der Waals surface area contributed by atoms with Crippen molar-refractivity contribution in [2.45, 2.75) is 6.61 Å². The highest BCUT2D eigenvalue weighted by Crippen LogP contribution is 2.28. The van der Waals surface area contributed by atoms with Gasteiger partial charge in [0, 0.05) is 0 Å². The van der Waals surface area contributed by atoms with Crippen LogP contribution in [-0.2, 0) is 0 Å². The van der Waals surface area contributed by atoms with Crippen LogP contribution in [0.3, 0.4) is 0 Å². The summed E-state index contributed by atoms with van der Waals surface area (Å²) in [7, 11) is 0. The number of alkyl halides is 2. The van der Waals surface area contributed by atoms with Crippen LogP contribution in [0.25, 0.3) is 0 Å². The van der Waals surface area contributed by atoms with Gasteiger partial charge >= 0.3 is 12.6 Å². The monoisotopic (exact) mass is 242 g/mol. The SMILES string of the molecule is O=C(O)c1cc(F)c(OC(F)F)c(F)c1F. The first-order valence-corrected chi connectivity index (χ1v) is 3.70. The maximum atomic E-state index is 12.9. The molecule has 0 unspecified atom stereocenters. The van der Waals surface area contributed by atoms with E-state index in [4.69, 9.17) is 5.11 Å². The van der Waals surface area contributed by atoms with Crippen molar-refractivity contribution in [3.63, 3.8) is 0 Å². The van der Waals surface area contributed by atoms with Gasteiger partial charge in [0.2, 0.25) is 5.82 Å². The van der Waals surface area contributed by atoms with Crippen LogP contribution in [0.1, 0.15) is 10.4 Å². The summed E-state index contributed by atoms with van der Waals surface area (Å²) >= 11 is 0. The molecular weight excluding hydrogens is 239 g/mol. The molecule has 3 nitrogen and oxygen atoms in total. The second kappa shape index (κ2) is 4.33. The van der Waals surface area contributed by atoms with Gasteiger partial charge in [-0.3, -0.25) is 0 Å². The highest BCUT2D eigenvalue weighted by Gasteiger charge is 2.25. The molecule has 16 heavy (non-hydrogen) atoms. The van der Waals surface area contributed by atoms with E-state index in [0.717, 1.165) is 0 Å². The van der Waals surface area contributed by atoms with Crippen LogP contribution in [0, 0.1) is 17.5 Å². The van der Waals surface area contributed by atoms with E-state index >= 15 is 0 Å². The highest BCUT2D eigenvalue weighted by atomic mass is 19.3. The van der Waals surface area contributed by atoms with E-state index in [-0.39, 0.29) is 6.07 Å². The summed E-state index contributed by atoms with van der Waals surface area (Å²) in [5.74, 6) is -9.39. The second-order valence-electron chi connectivity index (χ2n) is 2.55. The smallest absolute Gasteiger partial charge is 0.387 e. The Balaban J connectivity index is 3.34. The number of hydrogen-bond acceptors (Lipinski definition) is 2. The van der Waals surface area contributed by atoms with Gasteiger partial charge in [-0.05, 0) is 6.07 Å². The summed E-state index contributed by atoms with van der Waals surface area (Å²) in [6.45, 7) is -3.56. The van der Waals surface area contributed by atoms with E-state index < -0.39 is 41.3 Å². The van der Waals surface area contributed by atoms with Gasteiger partial charge in [-0.2, -0.15) is 13.2 Å². The Labute approximate surface area is 85.1 Å². The van der Waals surface area contributed by atoms with Crippen LogP contribution in [0.5, 0.6) is 5.75 Å². The van der Waals surface area contributed by atoms with Crippen LogP contribution in [0.4, 0.5) is 22.0 Å². The Kier molecular flexibility index (Phi) is 3.31. The Morgan fingerprint density at radius 3 is 2.25 bits per heavy atom. The molecular formula is C8H3F5O3. The summed E-state index contributed by atoms with van der Waals surface area (Å²) in [4.78, 5) is 10.3. The zero-order chi connectivity index (χ0) is 12.5. The first kappa shape index (κ1) is 12.2. The van der Waals surface area contributed by atoms with Crippen LogP contribution in [0.2, 0.25) is 0 Å². The molecule has 0 radical (unpaired) electrons. The summed E-state index contributed by atoms with van der Waals surface area (Å²) in [6.07, 6.45) is 0. The van der Waals surface area contributed by atoms with Crippen molar-refractivity contribution in [2.75, 3.05) is 0 Å². The fourth-order valence-corrected chi connectivity index (χ4v) is 0.931. The zero-order valence-electron chi connectivity index (χ0n) is 7.31. The molecule has 88 valence electrons. The van der Waals surface area contributed by atoms with Gasteiger partial charge in [0.25, 0.3) is 0 Å². The summed E-state index contributed by atoms with van der Waals surface area (Å²) in [5, 5.41) is 8.33. The normalized spacial score (nSPS) is 10.6. The summed E-state index contributed by atoms with van der Waals surface area (Å²) < 4.78 is 65.4. The first-order chi connectivity index (χ1) is 7.34. The largest absolute Gasteiger partial charge is 0.478 e. The molecule has 0 amide bonds. The van der Waals surface area contributed by atoms with Crippen molar-refractivity contribution in [3.8, 4) is 5.75 Å². The lowest BCUT2D eigenvalue weighted by Gasteiger charge is -2.08. The molecule has 8 heteroatoms. The van der Waals surface area contributed by atoms with E-state index in [2.05, 4.69) is 4.74 Å². The van der Waals surface area contributed by atoms with E-state index in [1.54, 1.807) is 0 Å². The quantitative estimate of drug-likeness (QED) is 0.653. The minimum absolute atomic E-state index is 0.0540. The molecule has 0 aliphatic carbocycles. The number of carbonyl (C=O) groups is 1. The lowest BCUT2D eigenvalue weighted by Crippen LogP contribution is -2.10. The molecule has 0 atom stereocenters. The number of benzene rings is 1. The van der Waals surface area contributed by atoms with Crippen LogP contribution in [-0.4, -0.2) is 17.7 Å². The fourth-order valence-electron chi connectivity index (χ4n) is 0.931. The van der Waals surface area contributed by atoms with Crippen LogP contribution in [0.15, 0.2) is 6.07 Å². The summed E-state index contributed by atoms with van der Waals surface area (Å²) in [5.41, 5.74) is -1.31. The van der Waals surface area contributed by atoms with Crippen molar-refractivity contribution in [3.05, 3.63) is 29.1 Å². The van der Waals surface area contributed by atoms with E-state index in [0.29, 0.717) is 0 Å². The molecule has 1 aromatic carbocycles. The van der Waals surface area contributed by atoms with Crippen molar-refractivity contribution in [1.29, 1.82) is 0 Å². The number of carboxylic acids is 1. The molecule has 0 aliphatic heterocycles. The molecule has 0 saturated heterocycles. The molecule has 0 aliphatic rings. The predicted octanol–water partition coefficient (Wildman–Crippen LogP) is 2.40. The maximum Gasteiger partial charge on any atom is 0.387 e. The molecule has 0 fully saturated rings. The van der Waals surface area contributed by atoms with Crippen molar-refractivity contribution >= 4 is 5.97 Å². The third-order valence-corrected chi connectivity index (χ3v) is 1.55. The fraction of sp³-hybridized carbons (Fsp3) is 0.125. The van der Waals surface area contributed by atoms with Gasteiger partial charge in [0.05, 0.1) is 0 Å². The molecule has 1 rings (SSSR count). The molecule has 0 spiro atoms. The Morgan fingerprint density at radius 1 is 1.25 bits per heavy atom. The molecule has 0 bridgehead atoms. The lowest BCUT2D eigenvalue weighted by atomic mass is 10.2. The number of carboxylic acid groups (broad SMARTS) is 1. The van der Waals surface area contributed by atoms with Gasteiger partial charge in [-0.1, -0.05) is 0 Å². The Morgan fingerprint density at radius 2 is 1.81 bits per heavy atom. The van der Waals surface area contributed by atoms with Crippen molar-refractivity contribution in [1.82, 2.24) is 0 Å². The number of rotatable bonds is 3. The molecule has 1 N–H and O–H groups in total. The maximum absolute atomic E-state index is 12.9. The average Bonchev–Trinajstić information content (AvgIpc) is 2.17. The predicted molar refractivity (Wildman–Crippen MR) is 39.9 cm³/mol. The van der Waals surface area contributed by atoms with Crippen molar-refractivity contribution in [2.24, 2.45) is 0 Å². The van der Waals surface area contributed by atoms with E-state index in [1.807, 2.05) is 0 Å². The number of aromatic carboxylic acids is 1. The number of halogens is 5. The third-order valence-electron chi connectivity index (χ3n) is 1.55. The number of ether oxygens (including phenoxy) is 1. The van der Waals surface area contributed by atoms with Crippen LogP contribution >= 0.6 is 0 Å². The third kappa shape index (κ3) is 2.20. The highest BCUT2D eigenvalue weighted by molar-refractivity contribution is 5.88. The minimum atomic E-state index is -3.56. The minimum Gasteiger partial charge on any atom is -0.478 e. The van der Waals surface area contributed by atoms with Crippen molar-refractivity contribution < 1.29 is 36.6 Å². The first-order valence-electron chi connectivity index (χ1n) is 3.70. The van der Waals surface area contributed by atoms with Gasteiger partial charge in [0.1, 0.15) is 5.56 Å². The van der Waals surface area contributed by atoms with Gasteiger partial charge in [0.15, 0.2) is 17.4 Å². The summed E-state index contributed by atoms with van der Waals surface area (Å²) in [6, 6.07) is 0.0540. The van der Waals surface area contributed by atoms with E-state index in [1.165, 1.54) is 0 Å². The molecule has 0 saturated carbocycles. The topological polar surface area (TPSA) is 46.5 Å². The van der Waals surface area contributed by atoms with Gasteiger partial charge in [-0.25, -0.2) is 13.6 Å². The van der Waals surface area contributed by atoms with Gasteiger partial charge < -0.3 is 9.84 Å². The Bertz CT molecular complexity index is 432. The zero-order valence-corrected chi connectivity index (χ0v) is 7.31. The second-order valence-corrected chi connectivity index (χ2v) is 2.55. The molecule has 1 aromatic rings. The molecule has 0 aromatic heterocycles.